The Hall–Kier alpha value is -1.13. The summed E-state index contributed by atoms with van der Waals surface area (Å²) in [4.78, 5) is 5.21. The molecular weight excluding hydrogens is 247 g/mol. The first kappa shape index (κ1) is 11.4. The van der Waals surface area contributed by atoms with E-state index in [0.29, 0.717) is 17.3 Å². The average molecular weight is 257 g/mol. The van der Waals surface area contributed by atoms with Crippen LogP contribution in [0.3, 0.4) is 0 Å². The van der Waals surface area contributed by atoms with Crippen molar-refractivity contribution in [2.45, 2.75) is 13.3 Å². The Balaban J connectivity index is 2.27. The normalized spacial score (nSPS) is 10.7. The van der Waals surface area contributed by atoms with Crippen LogP contribution in [0.15, 0.2) is 18.2 Å². The van der Waals surface area contributed by atoms with Crippen LogP contribution in [0.5, 0.6) is 0 Å². The summed E-state index contributed by atoms with van der Waals surface area (Å²) in [5.74, 6) is 0.224. The highest BCUT2D eigenvalue weighted by Crippen LogP contribution is 2.25. The van der Waals surface area contributed by atoms with Crippen molar-refractivity contribution in [1.29, 1.82) is 0 Å². The summed E-state index contributed by atoms with van der Waals surface area (Å²) in [7, 11) is 0. The van der Waals surface area contributed by atoms with Crippen LogP contribution in [0.4, 0.5) is 10.2 Å². The minimum Gasteiger partial charge on any atom is -0.383 e. The fourth-order valence-corrected chi connectivity index (χ4v) is 2.48. The summed E-state index contributed by atoms with van der Waals surface area (Å²) < 4.78 is 12.8. The maximum absolute atomic E-state index is 12.8. The molecule has 0 fully saturated rings. The molecule has 2 nitrogen and oxygen atoms in total. The number of nitrogen functional groups attached to an aromatic ring is 1. The number of hydrogen-bond donors (Lipinski definition) is 1. The summed E-state index contributed by atoms with van der Waals surface area (Å²) in [5.41, 5.74) is 6.52. The average Bonchev–Trinajstić information content (AvgIpc) is 2.51. The van der Waals surface area contributed by atoms with Gasteiger partial charge in [0.25, 0.3) is 0 Å². The summed E-state index contributed by atoms with van der Waals surface area (Å²) in [6.45, 7) is 1.92. The van der Waals surface area contributed by atoms with Crippen molar-refractivity contribution in [3.8, 4) is 0 Å². The Morgan fingerprint density at radius 2 is 2.25 bits per heavy atom. The molecule has 0 bridgehead atoms. The molecule has 0 unspecified atom stereocenters. The number of hydrogen-bond acceptors (Lipinski definition) is 3. The predicted molar refractivity (Wildman–Crippen MR) is 65.5 cm³/mol. The smallest absolute Gasteiger partial charge is 0.137 e. The first-order chi connectivity index (χ1) is 7.56. The SMILES string of the molecule is Cc1sc(Cc2ccc(F)cc2Cl)nc1N. The Labute approximate surface area is 102 Å². The Morgan fingerprint density at radius 1 is 1.50 bits per heavy atom. The largest absolute Gasteiger partial charge is 0.383 e. The molecule has 0 saturated carbocycles. The van der Waals surface area contributed by atoms with E-state index in [4.69, 9.17) is 17.3 Å². The third kappa shape index (κ3) is 2.33. The monoisotopic (exact) mass is 256 g/mol. The minimum absolute atomic E-state index is 0.330. The van der Waals surface area contributed by atoms with Gasteiger partial charge in [0.15, 0.2) is 0 Å². The molecular formula is C11H10ClFN2S. The zero-order chi connectivity index (χ0) is 11.7. The van der Waals surface area contributed by atoms with Crippen LogP contribution >= 0.6 is 22.9 Å². The molecule has 5 heteroatoms. The third-order valence-electron chi connectivity index (χ3n) is 2.23. The molecule has 0 atom stereocenters. The van der Waals surface area contributed by atoms with Gasteiger partial charge >= 0.3 is 0 Å². The minimum atomic E-state index is -0.330. The van der Waals surface area contributed by atoms with Crippen LogP contribution in [0, 0.1) is 12.7 Å². The van der Waals surface area contributed by atoms with E-state index in [1.165, 1.54) is 23.5 Å². The molecule has 0 spiro atoms. The topological polar surface area (TPSA) is 38.9 Å². The van der Waals surface area contributed by atoms with Crippen LogP contribution in [0.1, 0.15) is 15.4 Å². The van der Waals surface area contributed by atoms with Gasteiger partial charge in [0.2, 0.25) is 0 Å². The molecule has 1 aromatic heterocycles. The van der Waals surface area contributed by atoms with Gasteiger partial charge in [-0.1, -0.05) is 17.7 Å². The van der Waals surface area contributed by atoms with E-state index < -0.39 is 0 Å². The lowest BCUT2D eigenvalue weighted by molar-refractivity contribution is 0.627. The van der Waals surface area contributed by atoms with E-state index in [0.717, 1.165) is 15.4 Å². The molecule has 0 aliphatic carbocycles. The van der Waals surface area contributed by atoms with E-state index in [2.05, 4.69) is 4.98 Å². The van der Waals surface area contributed by atoms with Gasteiger partial charge in [0.05, 0.1) is 5.01 Å². The first-order valence-corrected chi connectivity index (χ1v) is 5.91. The number of rotatable bonds is 2. The van der Waals surface area contributed by atoms with Gasteiger partial charge in [0.1, 0.15) is 11.6 Å². The fourth-order valence-electron chi connectivity index (χ4n) is 1.37. The number of aryl methyl sites for hydroxylation is 1. The zero-order valence-corrected chi connectivity index (χ0v) is 10.2. The molecule has 2 N–H and O–H groups in total. The highest BCUT2D eigenvalue weighted by Gasteiger charge is 2.08. The zero-order valence-electron chi connectivity index (χ0n) is 8.63. The number of anilines is 1. The van der Waals surface area contributed by atoms with Gasteiger partial charge in [-0.2, -0.15) is 0 Å². The molecule has 0 aliphatic heterocycles. The van der Waals surface area contributed by atoms with Crippen molar-refractivity contribution in [3.63, 3.8) is 0 Å². The standard InChI is InChI=1S/C11H10ClFN2S/c1-6-11(14)15-10(16-6)4-7-2-3-8(13)5-9(7)12/h2-3,5H,4,14H2,1H3. The number of halogens is 2. The maximum Gasteiger partial charge on any atom is 0.137 e. The first-order valence-electron chi connectivity index (χ1n) is 4.72. The third-order valence-corrected chi connectivity index (χ3v) is 3.57. The Morgan fingerprint density at radius 3 is 2.81 bits per heavy atom. The predicted octanol–water partition coefficient (Wildman–Crippen LogP) is 3.42. The van der Waals surface area contributed by atoms with Gasteiger partial charge in [0, 0.05) is 16.3 Å². The highest BCUT2D eigenvalue weighted by atomic mass is 35.5. The second kappa shape index (κ2) is 4.39. The quantitative estimate of drug-likeness (QED) is 0.894. The second-order valence-corrected chi connectivity index (χ2v) is 5.16. The lowest BCUT2D eigenvalue weighted by Gasteiger charge is -2.01. The van der Waals surface area contributed by atoms with Gasteiger partial charge in [-0.25, -0.2) is 9.37 Å². The Kier molecular flexibility index (Phi) is 3.12. The number of aromatic nitrogens is 1. The molecule has 16 heavy (non-hydrogen) atoms. The van der Waals surface area contributed by atoms with Crippen molar-refractivity contribution in [3.05, 3.63) is 44.5 Å². The maximum atomic E-state index is 12.8. The summed E-state index contributed by atoms with van der Waals surface area (Å²) >= 11 is 7.47. The molecule has 0 aliphatic rings. The number of thiazole rings is 1. The van der Waals surface area contributed by atoms with Gasteiger partial charge in [-0.15, -0.1) is 11.3 Å². The van der Waals surface area contributed by atoms with E-state index >= 15 is 0 Å². The van der Waals surface area contributed by atoms with Crippen LogP contribution in [0.25, 0.3) is 0 Å². The van der Waals surface area contributed by atoms with Gasteiger partial charge in [-0.3, -0.25) is 0 Å². The van der Waals surface area contributed by atoms with Gasteiger partial charge < -0.3 is 5.73 Å². The summed E-state index contributed by atoms with van der Waals surface area (Å²) in [6.07, 6.45) is 0.585. The van der Waals surface area contributed by atoms with E-state index in [1.807, 2.05) is 6.92 Å². The van der Waals surface area contributed by atoms with Crippen molar-refractivity contribution in [2.75, 3.05) is 5.73 Å². The molecule has 0 amide bonds. The summed E-state index contributed by atoms with van der Waals surface area (Å²) in [6, 6.07) is 4.37. The van der Waals surface area contributed by atoms with E-state index in [-0.39, 0.29) is 5.82 Å². The van der Waals surface area contributed by atoms with Crippen LogP contribution < -0.4 is 5.73 Å². The molecule has 1 heterocycles. The fraction of sp³-hybridized carbons (Fsp3) is 0.182. The second-order valence-electron chi connectivity index (χ2n) is 3.46. The molecule has 0 saturated heterocycles. The molecule has 1 aromatic carbocycles. The number of nitrogens with zero attached hydrogens (tertiary/aromatic N) is 1. The molecule has 84 valence electrons. The van der Waals surface area contributed by atoms with Crippen LogP contribution in [-0.2, 0) is 6.42 Å². The van der Waals surface area contributed by atoms with Crippen molar-refractivity contribution >= 4 is 28.8 Å². The van der Waals surface area contributed by atoms with Crippen molar-refractivity contribution in [2.24, 2.45) is 0 Å². The van der Waals surface area contributed by atoms with Crippen molar-refractivity contribution in [1.82, 2.24) is 4.98 Å². The molecule has 2 rings (SSSR count). The lowest BCUT2D eigenvalue weighted by Crippen LogP contribution is -1.91. The van der Waals surface area contributed by atoms with Crippen LogP contribution in [0.2, 0.25) is 5.02 Å². The number of nitrogens with two attached hydrogens (primary N) is 1. The van der Waals surface area contributed by atoms with Crippen LogP contribution in [-0.4, -0.2) is 4.98 Å². The van der Waals surface area contributed by atoms with Crippen molar-refractivity contribution < 1.29 is 4.39 Å². The Bertz CT molecular complexity index is 505. The lowest BCUT2D eigenvalue weighted by atomic mass is 10.1. The van der Waals surface area contributed by atoms with E-state index in [1.54, 1.807) is 6.07 Å². The summed E-state index contributed by atoms with van der Waals surface area (Å²) in [5, 5.41) is 1.31. The molecule has 0 radical (unpaired) electrons. The van der Waals surface area contributed by atoms with E-state index in [9.17, 15) is 4.39 Å². The number of benzene rings is 1. The highest BCUT2D eigenvalue weighted by molar-refractivity contribution is 7.12. The van der Waals surface area contributed by atoms with Gasteiger partial charge in [-0.05, 0) is 24.6 Å². The molecule has 2 aromatic rings.